The summed E-state index contributed by atoms with van der Waals surface area (Å²) >= 11 is 0. The molecular weight excluding hydrogens is 802 g/mol. The van der Waals surface area contributed by atoms with Crippen LogP contribution in [0.4, 0.5) is 34.1 Å². The third-order valence-corrected chi connectivity index (χ3v) is 14.9. The molecule has 7 aromatic carbocycles. The summed E-state index contributed by atoms with van der Waals surface area (Å²) in [5, 5.41) is 3.74. The lowest BCUT2D eigenvalue weighted by atomic mass is 9.35. The van der Waals surface area contributed by atoms with Crippen molar-refractivity contribution in [3.05, 3.63) is 155 Å². The molecule has 5 heterocycles. The second-order valence-corrected chi connectivity index (χ2v) is 23.7. The van der Waals surface area contributed by atoms with Crippen molar-refractivity contribution in [3.63, 3.8) is 0 Å². The second kappa shape index (κ2) is 13.3. The van der Waals surface area contributed by atoms with Crippen LogP contribution < -0.4 is 26.4 Å². The molecule has 0 saturated heterocycles. The van der Waals surface area contributed by atoms with E-state index in [-0.39, 0.29) is 28.4 Å². The number of furan rings is 1. The number of hydrogen-bond acceptors (Lipinski definition) is 3. The van der Waals surface area contributed by atoms with E-state index in [1.54, 1.807) is 0 Å². The molecule has 0 saturated carbocycles. The SMILES string of the molecule is Cc1cc2c3c(c1)N1c4c(cc(C(C)(C)C)cc4-n4c5ccc(C(C)(C)C)cc5c5cc(C(C)(C)C)cc1c54)B3c1oc3ccc(-c4ccccc4)cc3c1N2c1ccc(C(C)(C)C)cc1. The Morgan fingerprint density at radius 3 is 1.73 bits per heavy atom. The number of rotatable bonds is 2. The van der Waals surface area contributed by atoms with Crippen LogP contribution in [-0.2, 0) is 21.7 Å². The van der Waals surface area contributed by atoms with Crippen molar-refractivity contribution in [2.24, 2.45) is 0 Å². The number of nitrogens with zero attached hydrogens (tertiary/aromatic N) is 3. The molecule has 0 aliphatic carbocycles. The van der Waals surface area contributed by atoms with Gasteiger partial charge in [-0.25, -0.2) is 0 Å². The molecule has 0 amide bonds. The Hall–Kier alpha value is -6.46. The van der Waals surface area contributed by atoms with Gasteiger partial charge in [-0.05, 0) is 145 Å². The normalized spacial score (nSPS) is 14.3. The quantitative estimate of drug-likeness (QED) is 0.162. The first kappa shape index (κ1) is 41.0. The Bertz CT molecular complexity index is 3520. The average molecular weight is 862 g/mol. The molecule has 4 nitrogen and oxygen atoms in total. The smallest absolute Gasteiger partial charge is 0.297 e. The summed E-state index contributed by atoms with van der Waals surface area (Å²) in [4.78, 5) is 5.18. The van der Waals surface area contributed by atoms with Crippen LogP contribution in [0.1, 0.15) is 111 Å². The Kier molecular flexibility index (Phi) is 8.29. The van der Waals surface area contributed by atoms with E-state index in [2.05, 4.69) is 232 Å². The molecule has 0 unspecified atom stereocenters. The predicted octanol–water partition coefficient (Wildman–Crippen LogP) is 15.1. The number of fused-ring (bicyclic) bond motifs is 11. The summed E-state index contributed by atoms with van der Waals surface area (Å²) < 4.78 is 10.0. The molecule has 0 bridgehead atoms. The first-order valence-corrected chi connectivity index (χ1v) is 24.0. The molecule has 0 fully saturated rings. The number of hydrogen-bond donors (Lipinski definition) is 0. The minimum Gasteiger partial charge on any atom is -0.468 e. The fourth-order valence-electron chi connectivity index (χ4n) is 11.2. The van der Waals surface area contributed by atoms with E-state index < -0.39 is 0 Å². The lowest BCUT2D eigenvalue weighted by molar-refractivity contribution is 0.590. The van der Waals surface area contributed by atoms with Crippen molar-refractivity contribution < 1.29 is 4.42 Å². The van der Waals surface area contributed by atoms with Gasteiger partial charge in [0.05, 0.1) is 39.4 Å². The topological polar surface area (TPSA) is 24.6 Å². The third-order valence-electron chi connectivity index (χ3n) is 14.9. The van der Waals surface area contributed by atoms with Gasteiger partial charge in [0.2, 0.25) is 0 Å². The van der Waals surface area contributed by atoms with Crippen molar-refractivity contribution in [3.8, 4) is 16.8 Å². The summed E-state index contributed by atoms with van der Waals surface area (Å²) in [5.74, 6) is 0. The highest BCUT2D eigenvalue weighted by atomic mass is 16.3. The van der Waals surface area contributed by atoms with Crippen LogP contribution in [0.2, 0.25) is 0 Å². The summed E-state index contributed by atoms with van der Waals surface area (Å²) in [6.07, 6.45) is 0. The van der Waals surface area contributed by atoms with Crippen LogP contribution in [0.3, 0.4) is 0 Å². The van der Waals surface area contributed by atoms with E-state index in [4.69, 9.17) is 4.42 Å². The monoisotopic (exact) mass is 861 g/mol. The van der Waals surface area contributed by atoms with E-state index in [9.17, 15) is 0 Å². The Morgan fingerprint density at radius 1 is 0.455 bits per heavy atom. The van der Waals surface area contributed by atoms with Crippen molar-refractivity contribution in [1.29, 1.82) is 0 Å². The lowest BCUT2D eigenvalue weighted by Crippen LogP contribution is -2.61. The van der Waals surface area contributed by atoms with Gasteiger partial charge in [0.1, 0.15) is 5.58 Å². The molecule has 2 aromatic heterocycles. The van der Waals surface area contributed by atoms with Gasteiger partial charge in [-0.1, -0.05) is 144 Å². The summed E-state index contributed by atoms with van der Waals surface area (Å²) in [7, 11) is 0. The molecule has 0 radical (unpaired) electrons. The van der Waals surface area contributed by atoms with Crippen LogP contribution in [0.5, 0.6) is 0 Å². The van der Waals surface area contributed by atoms with Crippen LogP contribution in [0, 0.1) is 6.92 Å². The first-order chi connectivity index (χ1) is 31.2. The fraction of sp³-hybridized carbons (Fsp3) is 0.279. The molecule has 9 aromatic rings. The summed E-state index contributed by atoms with van der Waals surface area (Å²) in [5.41, 5.74) is 24.1. The molecule has 3 aliphatic heterocycles. The van der Waals surface area contributed by atoms with Crippen LogP contribution >= 0.6 is 0 Å². The Morgan fingerprint density at radius 2 is 1.06 bits per heavy atom. The number of aromatic nitrogens is 1. The predicted molar refractivity (Wildman–Crippen MR) is 283 cm³/mol. The zero-order valence-corrected chi connectivity index (χ0v) is 41.0. The summed E-state index contributed by atoms with van der Waals surface area (Å²) in [6.45, 7) is 30.1. The molecule has 0 spiro atoms. The molecule has 5 heteroatoms. The molecular formula is C61H60BN3O. The maximum atomic E-state index is 7.42. The Labute approximate surface area is 391 Å². The van der Waals surface area contributed by atoms with E-state index in [0.717, 1.165) is 28.0 Å². The van der Waals surface area contributed by atoms with Gasteiger partial charge < -0.3 is 18.8 Å². The standard InChI is InChI=1S/C61H60BN3O/c1-35-27-48-53-49(28-35)65-50-33-40(60(8,9)10)31-44-43-30-39(59(5,6)7)22-25-47(43)64(54(44)50)51-34-41(61(11,12)13)32-46(56(51)65)62(53)57-55(63(48)42-23-20-38(21-24-42)58(2,3)4)45-29-37(19-26-52(45)66-57)36-17-15-14-16-18-36/h14-34H,1-13H3. The van der Waals surface area contributed by atoms with Crippen LogP contribution in [0.25, 0.3) is 49.6 Å². The number of aryl methyl sites for hydroxylation is 1. The van der Waals surface area contributed by atoms with Gasteiger partial charge in [0.15, 0.2) is 0 Å². The zero-order valence-electron chi connectivity index (χ0n) is 41.0. The highest BCUT2D eigenvalue weighted by Crippen LogP contribution is 2.55. The number of benzene rings is 7. The largest absolute Gasteiger partial charge is 0.468 e. The minimum absolute atomic E-state index is 0.00707. The zero-order chi connectivity index (χ0) is 46.1. The molecule has 12 rings (SSSR count). The molecule has 3 aliphatic rings. The van der Waals surface area contributed by atoms with E-state index in [1.807, 2.05) is 0 Å². The second-order valence-electron chi connectivity index (χ2n) is 23.7. The van der Waals surface area contributed by atoms with Gasteiger partial charge in [-0.2, -0.15) is 0 Å². The third kappa shape index (κ3) is 5.84. The molecule has 328 valence electrons. The highest BCUT2D eigenvalue weighted by molar-refractivity contribution is 7.00. The van der Waals surface area contributed by atoms with Crippen molar-refractivity contribution in [2.45, 2.75) is 112 Å². The fourth-order valence-corrected chi connectivity index (χ4v) is 11.2. The summed E-state index contributed by atoms with van der Waals surface area (Å²) in [6, 6.07) is 49.0. The maximum Gasteiger partial charge on any atom is 0.297 e. The van der Waals surface area contributed by atoms with Gasteiger partial charge in [0.25, 0.3) is 6.71 Å². The molecule has 0 N–H and O–H groups in total. The number of anilines is 6. The van der Waals surface area contributed by atoms with E-state index in [0.29, 0.717) is 0 Å². The van der Waals surface area contributed by atoms with Gasteiger partial charge in [0, 0.05) is 33.2 Å². The molecule has 0 atom stereocenters. The first-order valence-electron chi connectivity index (χ1n) is 24.0. The lowest BCUT2D eigenvalue weighted by Gasteiger charge is -2.45. The van der Waals surface area contributed by atoms with Crippen molar-refractivity contribution in [2.75, 3.05) is 9.80 Å². The van der Waals surface area contributed by atoms with Crippen LogP contribution in [0.15, 0.2) is 132 Å². The minimum atomic E-state index is -0.160. The van der Waals surface area contributed by atoms with Gasteiger partial charge in [-0.3, -0.25) is 0 Å². The van der Waals surface area contributed by atoms with E-state index >= 15 is 0 Å². The van der Waals surface area contributed by atoms with E-state index in [1.165, 1.54) is 100 Å². The average Bonchev–Trinajstić information content (AvgIpc) is 3.80. The van der Waals surface area contributed by atoms with Gasteiger partial charge >= 0.3 is 0 Å². The highest BCUT2D eigenvalue weighted by Gasteiger charge is 2.49. The van der Waals surface area contributed by atoms with Crippen molar-refractivity contribution in [1.82, 2.24) is 4.57 Å². The maximum absolute atomic E-state index is 7.42. The van der Waals surface area contributed by atoms with Crippen molar-refractivity contribution >= 4 is 90.2 Å². The van der Waals surface area contributed by atoms with Gasteiger partial charge in [-0.15, -0.1) is 0 Å². The molecule has 66 heavy (non-hydrogen) atoms. The Balaban J connectivity index is 1.24. The van der Waals surface area contributed by atoms with Crippen LogP contribution in [-0.4, -0.2) is 11.3 Å².